The first-order valence-electron chi connectivity index (χ1n) is 11.5. The van der Waals surface area contributed by atoms with Gasteiger partial charge in [-0.2, -0.15) is 0 Å². The molecule has 2 aliphatic heterocycles. The molecule has 0 bridgehead atoms. The van der Waals surface area contributed by atoms with Gasteiger partial charge in [0.25, 0.3) is 11.5 Å². The Hall–Kier alpha value is -3.81. The Morgan fingerprint density at radius 1 is 0.912 bits per heavy atom. The van der Waals surface area contributed by atoms with Crippen LogP contribution in [0.3, 0.4) is 0 Å². The second-order valence-corrected chi connectivity index (χ2v) is 8.71. The van der Waals surface area contributed by atoms with Crippen molar-refractivity contribution in [3.63, 3.8) is 0 Å². The van der Waals surface area contributed by atoms with Crippen LogP contribution in [0.1, 0.15) is 41.6 Å². The van der Waals surface area contributed by atoms with Gasteiger partial charge in [0.2, 0.25) is 5.91 Å². The molecule has 176 valence electrons. The van der Waals surface area contributed by atoms with Crippen molar-refractivity contribution in [1.29, 1.82) is 0 Å². The Morgan fingerprint density at radius 3 is 2.32 bits per heavy atom. The highest BCUT2D eigenvalue weighted by molar-refractivity contribution is 6.07. The van der Waals surface area contributed by atoms with Gasteiger partial charge >= 0.3 is 0 Å². The SMILES string of the molecule is COc1cc2c(C(=O)N3CCCCC3)cn(-c3ccc4c(c3)NC(=O)CC4)c(=O)c2cc1OC. The summed E-state index contributed by atoms with van der Waals surface area (Å²) in [4.78, 5) is 41.0. The number of rotatable bonds is 4. The zero-order valence-electron chi connectivity index (χ0n) is 19.3. The molecule has 1 saturated heterocycles. The number of aryl methyl sites for hydroxylation is 1. The van der Waals surface area contributed by atoms with Crippen LogP contribution in [0.25, 0.3) is 16.5 Å². The van der Waals surface area contributed by atoms with Gasteiger partial charge in [-0.3, -0.25) is 19.0 Å². The molecule has 2 amide bonds. The first-order chi connectivity index (χ1) is 16.5. The van der Waals surface area contributed by atoms with Crippen LogP contribution in [-0.2, 0) is 11.2 Å². The minimum atomic E-state index is -0.284. The highest BCUT2D eigenvalue weighted by Gasteiger charge is 2.24. The molecular weight excluding hydrogens is 434 g/mol. The summed E-state index contributed by atoms with van der Waals surface area (Å²) in [6, 6.07) is 8.88. The standard InChI is InChI=1S/C26H27N3O5/c1-33-22-13-18-19(14-23(22)34-2)26(32)29(15-20(18)25(31)28-10-4-3-5-11-28)17-8-6-16-7-9-24(30)27-21(16)12-17/h6,8,12-15H,3-5,7,9-11H2,1-2H3,(H,27,30). The van der Waals surface area contributed by atoms with Crippen LogP contribution >= 0.6 is 0 Å². The summed E-state index contributed by atoms with van der Waals surface area (Å²) in [5, 5.41) is 3.77. The normalized spacial score (nSPS) is 15.6. The number of nitrogens with zero attached hydrogens (tertiary/aromatic N) is 2. The quantitative estimate of drug-likeness (QED) is 0.642. The Bertz CT molecular complexity index is 1350. The molecule has 0 spiro atoms. The molecule has 0 unspecified atom stereocenters. The number of nitrogens with one attached hydrogen (secondary N) is 1. The molecule has 0 saturated carbocycles. The number of methoxy groups -OCH3 is 2. The summed E-state index contributed by atoms with van der Waals surface area (Å²) >= 11 is 0. The molecule has 1 fully saturated rings. The van der Waals surface area contributed by atoms with Crippen molar-refractivity contribution in [2.45, 2.75) is 32.1 Å². The molecule has 0 radical (unpaired) electrons. The van der Waals surface area contributed by atoms with E-state index in [9.17, 15) is 14.4 Å². The Morgan fingerprint density at radius 2 is 1.62 bits per heavy atom. The van der Waals surface area contributed by atoms with Gasteiger partial charge in [0, 0.05) is 36.8 Å². The molecular formula is C26H27N3O5. The average molecular weight is 462 g/mol. The molecule has 34 heavy (non-hydrogen) atoms. The summed E-state index contributed by atoms with van der Waals surface area (Å²) in [6.45, 7) is 1.38. The van der Waals surface area contributed by atoms with Crippen molar-refractivity contribution < 1.29 is 19.1 Å². The van der Waals surface area contributed by atoms with Gasteiger partial charge in [-0.1, -0.05) is 6.07 Å². The predicted molar refractivity (Wildman–Crippen MR) is 129 cm³/mol. The van der Waals surface area contributed by atoms with Crippen molar-refractivity contribution in [2.75, 3.05) is 32.6 Å². The number of hydrogen-bond donors (Lipinski definition) is 1. The smallest absolute Gasteiger partial charge is 0.263 e. The fourth-order valence-electron chi connectivity index (χ4n) is 4.80. The monoisotopic (exact) mass is 461 g/mol. The molecule has 0 atom stereocenters. The van der Waals surface area contributed by atoms with Crippen molar-refractivity contribution in [3.05, 3.63) is 58.0 Å². The van der Waals surface area contributed by atoms with Gasteiger partial charge in [0.05, 0.1) is 30.9 Å². The zero-order chi connectivity index (χ0) is 23.8. The maximum absolute atomic E-state index is 13.6. The minimum absolute atomic E-state index is 0.0479. The third kappa shape index (κ3) is 3.79. The van der Waals surface area contributed by atoms with Gasteiger partial charge in [-0.15, -0.1) is 0 Å². The van der Waals surface area contributed by atoms with E-state index in [1.54, 1.807) is 24.4 Å². The number of carbonyl (C=O) groups is 2. The van der Waals surface area contributed by atoms with E-state index >= 15 is 0 Å². The molecule has 1 aromatic heterocycles. The maximum atomic E-state index is 13.6. The summed E-state index contributed by atoms with van der Waals surface area (Å²) < 4.78 is 12.4. The van der Waals surface area contributed by atoms with Gasteiger partial charge in [0.1, 0.15) is 0 Å². The van der Waals surface area contributed by atoms with Crippen LogP contribution in [0.15, 0.2) is 41.3 Å². The van der Waals surface area contributed by atoms with Crippen LogP contribution in [-0.4, -0.2) is 48.6 Å². The lowest BCUT2D eigenvalue weighted by atomic mass is 10.0. The highest BCUT2D eigenvalue weighted by Crippen LogP contribution is 2.34. The summed E-state index contributed by atoms with van der Waals surface area (Å²) in [7, 11) is 3.04. The second-order valence-electron chi connectivity index (χ2n) is 8.71. The highest BCUT2D eigenvalue weighted by atomic mass is 16.5. The molecule has 3 heterocycles. The maximum Gasteiger partial charge on any atom is 0.263 e. The number of ether oxygens (including phenoxy) is 2. The van der Waals surface area contributed by atoms with Crippen molar-refractivity contribution in [3.8, 4) is 17.2 Å². The van der Waals surface area contributed by atoms with Crippen LogP contribution in [0, 0.1) is 0 Å². The summed E-state index contributed by atoms with van der Waals surface area (Å²) in [5.74, 6) is 0.709. The largest absolute Gasteiger partial charge is 0.493 e. The number of aromatic nitrogens is 1. The van der Waals surface area contributed by atoms with Crippen LogP contribution < -0.4 is 20.3 Å². The van der Waals surface area contributed by atoms with E-state index in [2.05, 4.69) is 5.32 Å². The number of fused-ring (bicyclic) bond motifs is 2. The zero-order valence-corrected chi connectivity index (χ0v) is 19.3. The lowest BCUT2D eigenvalue weighted by Crippen LogP contribution is -2.36. The topological polar surface area (TPSA) is 89.9 Å². The van der Waals surface area contributed by atoms with Crippen molar-refractivity contribution in [1.82, 2.24) is 9.47 Å². The van der Waals surface area contributed by atoms with E-state index in [1.807, 2.05) is 17.0 Å². The van der Waals surface area contributed by atoms with E-state index in [-0.39, 0.29) is 17.4 Å². The summed E-state index contributed by atoms with van der Waals surface area (Å²) in [5.41, 5.74) is 2.44. The van der Waals surface area contributed by atoms with Crippen molar-refractivity contribution >= 4 is 28.3 Å². The molecule has 8 nitrogen and oxygen atoms in total. The van der Waals surface area contributed by atoms with Crippen LogP contribution in [0.2, 0.25) is 0 Å². The second kappa shape index (κ2) is 8.85. The molecule has 2 aliphatic rings. The Labute approximate surface area is 197 Å². The molecule has 5 rings (SSSR count). The molecule has 0 aliphatic carbocycles. The fourth-order valence-corrected chi connectivity index (χ4v) is 4.80. The predicted octanol–water partition coefficient (Wildman–Crippen LogP) is 3.52. The number of amides is 2. The number of anilines is 1. The first-order valence-corrected chi connectivity index (χ1v) is 11.5. The number of pyridine rings is 1. The number of hydrogen-bond acceptors (Lipinski definition) is 5. The Kier molecular flexibility index (Phi) is 5.73. The average Bonchev–Trinajstić information content (AvgIpc) is 2.88. The number of benzene rings is 2. The number of piperidine rings is 1. The Balaban J connectivity index is 1.73. The van der Waals surface area contributed by atoms with E-state index in [0.717, 1.165) is 24.8 Å². The van der Waals surface area contributed by atoms with Gasteiger partial charge < -0.3 is 19.7 Å². The van der Waals surface area contributed by atoms with E-state index in [1.165, 1.54) is 18.8 Å². The van der Waals surface area contributed by atoms with Gasteiger partial charge in [-0.05, 0) is 55.5 Å². The number of carbonyl (C=O) groups excluding carboxylic acids is 2. The van der Waals surface area contributed by atoms with Gasteiger partial charge in [0.15, 0.2) is 11.5 Å². The van der Waals surface area contributed by atoms with Crippen LogP contribution in [0.4, 0.5) is 5.69 Å². The third-order valence-corrected chi connectivity index (χ3v) is 6.66. The molecule has 1 N–H and O–H groups in total. The molecule has 8 heteroatoms. The van der Waals surface area contributed by atoms with E-state index < -0.39 is 0 Å². The summed E-state index contributed by atoms with van der Waals surface area (Å²) in [6.07, 6.45) is 5.74. The minimum Gasteiger partial charge on any atom is -0.493 e. The number of likely N-dealkylation sites (tertiary alicyclic amines) is 1. The van der Waals surface area contributed by atoms with Crippen LogP contribution in [0.5, 0.6) is 11.5 Å². The molecule has 2 aromatic carbocycles. The van der Waals surface area contributed by atoms with E-state index in [0.29, 0.717) is 65.1 Å². The fraction of sp³-hybridized carbons (Fsp3) is 0.346. The molecule has 3 aromatic rings. The lowest BCUT2D eigenvalue weighted by molar-refractivity contribution is -0.116. The van der Waals surface area contributed by atoms with Crippen molar-refractivity contribution in [2.24, 2.45) is 0 Å². The lowest BCUT2D eigenvalue weighted by Gasteiger charge is -2.27. The van der Waals surface area contributed by atoms with E-state index in [4.69, 9.17) is 9.47 Å². The first kappa shape index (κ1) is 22.0. The van der Waals surface area contributed by atoms with Gasteiger partial charge in [-0.25, -0.2) is 0 Å². The third-order valence-electron chi connectivity index (χ3n) is 6.66.